The number of carbonyl (C=O) groups is 1. The molecule has 0 spiro atoms. The van der Waals surface area contributed by atoms with Gasteiger partial charge in [-0.25, -0.2) is 0 Å². The Kier molecular flexibility index (Phi) is 2.83. The number of hydrogen-bond acceptors (Lipinski definition) is 3. The maximum absolute atomic E-state index is 11.0. The predicted octanol–water partition coefficient (Wildman–Crippen LogP) is 1.97. The van der Waals surface area contributed by atoms with Crippen LogP contribution in [0.1, 0.15) is 33.6 Å². The number of oxime groups is 1. The molecule has 0 aromatic carbocycles. The van der Waals surface area contributed by atoms with Crippen LogP contribution in [0.25, 0.3) is 0 Å². The van der Waals surface area contributed by atoms with E-state index in [4.69, 9.17) is 10.3 Å². The Labute approximate surface area is 83.6 Å². The molecule has 0 radical (unpaired) electrons. The Morgan fingerprint density at radius 2 is 2.14 bits per heavy atom. The average Bonchev–Trinajstić information content (AvgIpc) is 2.08. The van der Waals surface area contributed by atoms with Gasteiger partial charge in [0.15, 0.2) is 0 Å². The van der Waals surface area contributed by atoms with Gasteiger partial charge in [0.2, 0.25) is 0 Å². The first-order valence-electron chi connectivity index (χ1n) is 4.85. The molecule has 0 amide bonds. The van der Waals surface area contributed by atoms with Crippen LogP contribution in [0, 0.1) is 17.3 Å². The lowest BCUT2D eigenvalue weighted by atomic mass is 9.62. The van der Waals surface area contributed by atoms with Gasteiger partial charge in [0, 0.05) is 5.92 Å². The van der Waals surface area contributed by atoms with Crippen LogP contribution in [0.15, 0.2) is 5.16 Å². The number of carboxylic acid groups (broad SMARTS) is 1. The Morgan fingerprint density at radius 3 is 2.57 bits per heavy atom. The second-order valence-corrected chi connectivity index (χ2v) is 4.56. The van der Waals surface area contributed by atoms with Crippen molar-refractivity contribution in [1.29, 1.82) is 0 Å². The molecule has 1 aliphatic carbocycles. The van der Waals surface area contributed by atoms with Crippen LogP contribution in [-0.2, 0) is 4.79 Å². The van der Waals surface area contributed by atoms with Crippen molar-refractivity contribution in [1.82, 2.24) is 0 Å². The van der Waals surface area contributed by atoms with Crippen molar-refractivity contribution in [2.45, 2.75) is 33.6 Å². The summed E-state index contributed by atoms with van der Waals surface area (Å²) in [7, 11) is 0. The van der Waals surface area contributed by atoms with Gasteiger partial charge in [-0.05, 0) is 18.3 Å². The fourth-order valence-corrected chi connectivity index (χ4v) is 2.19. The summed E-state index contributed by atoms with van der Waals surface area (Å²) >= 11 is 0. The van der Waals surface area contributed by atoms with Crippen LogP contribution >= 0.6 is 0 Å². The van der Waals surface area contributed by atoms with E-state index >= 15 is 0 Å². The van der Waals surface area contributed by atoms with Gasteiger partial charge < -0.3 is 10.3 Å². The quantitative estimate of drug-likeness (QED) is 0.501. The van der Waals surface area contributed by atoms with Crippen molar-refractivity contribution >= 4 is 11.7 Å². The summed E-state index contributed by atoms with van der Waals surface area (Å²) in [5, 5.41) is 21.0. The summed E-state index contributed by atoms with van der Waals surface area (Å²) in [5.74, 6) is -1.08. The van der Waals surface area contributed by atoms with E-state index in [0.29, 0.717) is 18.6 Å². The maximum Gasteiger partial charge on any atom is 0.307 e. The van der Waals surface area contributed by atoms with Crippen molar-refractivity contribution < 1.29 is 15.1 Å². The highest BCUT2D eigenvalue weighted by Gasteiger charge is 2.44. The third-order valence-corrected chi connectivity index (χ3v) is 3.63. The number of nitrogens with zero attached hydrogens (tertiary/aromatic N) is 1. The first-order chi connectivity index (χ1) is 6.41. The highest BCUT2D eigenvalue weighted by Crippen LogP contribution is 2.43. The zero-order valence-corrected chi connectivity index (χ0v) is 8.82. The van der Waals surface area contributed by atoms with Gasteiger partial charge in [0.05, 0.1) is 11.6 Å². The second kappa shape index (κ2) is 3.59. The van der Waals surface area contributed by atoms with Gasteiger partial charge in [0.25, 0.3) is 0 Å². The van der Waals surface area contributed by atoms with Crippen LogP contribution in [0.4, 0.5) is 0 Å². The zero-order chi connectivity index (χ0) is 10.9. The molecule has 2 N–H and O–H groups in total. The smallest absolute Gasteiger partial charge is 0.307 e. The summed E-state index contributed by atoms with van der Waals surface area (Å²) in [6.45, 7) is 5.76. The van der Waals surface area contributed by atoms with Gasteiger partial charge in [-0.1, -0.05) is 25.9 Å². The molecule has 1 rings (SSSR count). The van der Waals surface area contributed by atoms with E-state index in [-0.39, 0.29) is 17.3 Å². The second-order valence-electron chi connectivity index (χ2n) is 4.56. The van der Waals surface area contributed by atoms with E-state index < -0.39 is 5.97 Å². The lowest BCUT2D eigenvalue weighted by Gasteiger charge is -2.41. The first-order valence-corrected chi connectivity index (χ1v) is 4.85. The molecule has 0 unspecified atom stereocenters. The molecule has 4 heteroatoms. The molecule has 0 bridgehead atoms. The standard InChI is InChI=1S/C10H17NO3/c1-6-8(11-14)5-4-7(9(12)13)10(6,2)3/h6-7,14H,4-5H2,1-3H3,(H,12,13)/b11-8+/t6-,7-/m0/s1. The number of carboxylic acids is 1. The lowest BCUT2D eigenvalue weighted by Crippen LogP contribution is -2.44. The normalized spacial score (nSPS) is 34.4. The van der Waals surface area contributed by atoms with Crippen LogP contribution < -0.4 is 0 Å². The number of hydrogen-bond donors (Lipinski definition) is 2. The lowest BCUT2D eigenvalue weighted by molar-refractivity contribution is -0.147. The highest BCUT2D eigenvalue weighted by atomic mass is 16.4. The minimum atomic E-state index is -0.751. The topological polar surface area (TPSA) is 69.9 Å². The Balaban J connectivity index is 2.96. The number of rotatable bonds is 1. The van der Waals surface area contributed by atoms with Crippen LogP contribution in [-0.4, -0.2) is 22.0 Å². The van der Waals surface area contributed by atoms with Crippen molar-refractivity contribution in [3.8, 4) is 0 Å². The summed E-state index contributed by atoms with van der Waals surface area (Å²) < 4.78 is 0. The van der Waals surface area contributed by atoms with Crippen molar-refractivity contribution in [3.63, 3.8) is 0 Å². The average molecular weight is 199 g/mol. The summed E-state index contributed by atoms with van der Waals surface area (Å²) in [6.07, 6.45) is 1.14. The zero-order valence-electron chi connectivity index (χ0n) is 8.82. The van der Waals surface area contributed by atoms with E-state index in [2.05, 4.69) is 5.16 Å². The molecule has 0 heterocycles. The molecule has 4 nitrogen and oxygen atoms in total. The minimum Gasteiger partial charge on any atom is -0.481 e. The first kappa shape index (κ1) is 11.0. The van der Waals surface area contributed by atoms with E-state index in [9.17, 15) is 4.79 Å². The molecular weight excluding hydrogens is 182 g/mol. The Bertz CT molecular complexity index is 271. The van der Waals surface area contributed by atoms with Crippen LogP contribution in [0.5, 0.6) is 0 Å². The molecule has 0 aromatic heterocycles. The molecular formula is C10H17NO3. The third-order valence-electron chi connectivity index (χ3n) is 3.63. The van der Waals surface area contributed by atoms with Crippen molar-refractivity contribution in [2.75, 3.05) is 0 Å². The fourth-order valence-electron chi connectivity index (χ4n) is 2.19. The van der Waals surface area contributed by atoms with E-state index in [1.54, 1.807) is 0 Å². The third kappa shape index (κ3) is 1.61. The van der Waals surface area contributed by atoms with E-state index in [1.165, 1.54) is 0 Å². The minimum absolute atomic E-state index is 0.0161. The monoisotopic (exact) mass is 199 g/mol. The van der Waals surface area contributed by atoms with Gasteiger partial charge in [-0.2, -0.15) is 0 Å². The van der Waals surface area contributed by atoms with Gasteiger partial charge >= 0.3 is 5.97 Å². The largest absolute Gasteiger partial charge is 0.481 e. The molecule has 0 aliphatic heterocycles. The van der Waals surface area contributed by atoms with E-state index in [0.717, 1.165) is 0 Å². The summed E-state index contributed by atoms with van der Waals surface area (Å²) in [4.78, 5) is 11.0. The van der Waals surface area contributed by atoms with Crippen molar-refractivity contribution in [3.05, 3.63) is 0 Å². The fraction of sp³-hybridized carbons (Fsp3) is 0.800. The molecule has 2 atom stereocenters. The molecule has 0 saturated heterocycles. The molecule has 1 fully saturated rings. The Morgan fingerprint density at radius 1 is 1.57 bits per heavy atom. The molecule has 1 aliphatic rings. The van der Waals surface area contributed by atoms with Crippen molar-refractivity contribution in [2.24, 2.45) is 22.4 Å². The highest BCUT2D eigenvalue weighted by molar-refractivity contribution is 5.89. The van der Waals surface area contributed by atoms with E-state index in [1.807, 2.05) is 20.8 Å². The van der Waals surface area contributed by atoms with Gasteiger partial charge in [-0.3, -0.25) is 4.79 Å². The molecule has 14 heavy (non-hydrogen) atoms. The van der Waals surface area contributed by atoms with Gasteiger partial charge in [0.1, 0.15) is 0 Å². The Hall–Kier alpha value is -1.06. The van der Waals surface area contributed by atoms with Crippen LogP contribution in [0.2, 0.25) is 0 Å². The maximum atomic E-state index is 11.0. The number of aliphatic carboxylic acids is 1. The molecule has 80 valence electrons. The predicted molar refractivity (Wildman–Crippen MR) is 52.5 cm³/mol. The van der Waals surface area contributed by atoms with Gasteiger partial charge in [-0.15, -0.1) is 0 Å². The summed E-state index contributed by atoms with van der Waals surface area (Å²) in [5.41, 5.74) is 0.374. The summed E-state index contributed by atoms with van der Waals surface area (Å²) in [6, 6.07) is 0. The SMILES string of the molecule is C[C@H]1/C(=N/O)CC[C@@H](C(=O)O)C1(C)C. The van der Waals surface area contributed by atoms with Crippen LogP contribution in [0.3, 0.4) is 0 Å². The molecule has 1 saturated carbocycles. The molecule has 0 aromatic rings.